The highest BCUT2D eigenvalue weighted by Crippen LogP contribution is 2.25. The van der Waals surface area contributed by atoms with E-state index >= 15 is 0 Å². The number of nitrogens with zero attached hydrogens (tertiary/aromatic N) is 2. The maximum absolute atomic E-state index is 5.19. The third-order valence-corrected chi connectivity index (χ3v) is 4.13. The summed E-state index contributed by atoms with van der Waals surface area (Å²) in [4.78, 5) is 0. The molecule has 3 nitrogen and oxygen atoms in total. The van der Waals surface area contributed by atoms with Gasteiger partial charge >= 0.3 is 0 Å². The van der Waals surface area contributed by atoms with Crippen LogP contribution in [0.5, 0.6) is 0 Å². The van der Waals surface area contributed by atoms with Crippen LogP contribution in [-0.4, -0.2) is 14.8 Å². The lowest BCUT2D eigenvalue weighted by molar-refractivity contribution is 0.675. The highest BCUT2D eigenvalue weighted by molar-refractivity contribution is 14.1. The molecule has 0 aliphatic heterocycles. The summed E-state index contributed by atoms with van der Waals surface area (Å²) in [5, 5.41) is 9.22. The predicted molar refractivity (Wildman–Crippen MR) is 73.7 cm³/mol. The van der Waals surface area contributed by atoms with Crippen LogP contribution in [0.2, 0.25) is 0 Å². The summed E-state index contributed by atoms with van der Waals surface area (Å²) in [6.07, 6.45) is 1.06. The average Bonchev–Trinajstić information content (AvgIpc) is 2.76. The molecule has 6 heteroatoms. The van der Waals surface area contributed by atoms with Crippen molar-refractivity contribution in [2.24, 2.45) is 0 Å². The van der Waals surface area contributed by atoms with E-state index in [1.165, 1.54) is 2.88 Å². The van der Waals surface area contributed by atoms with Crippen LogP contribution in [0, 0.1) is 7.65 Å². The first-order valence-corrected chi connectivity index (χ1v) is 6.98. The van der Waals surface area contributed by atoms with Gasteiger partial charge in [0.05, 0.1) is 2.88 Å². The lowest BCUT2D eigenvalue weighted by Gasteiger charge is -2.02. The SMILES string of the molecule is CCCn1c(-c2csc(I)c2)n[nH]c1=S. The minimum Gasteiger partial charge on any atom is -0.300 e. The van der Waals surface area contributed by atoms with Crippen molar-refractivity contribution < 1.29 is 0 Å². The Labute approximate surface area is 111 Å². The Balaban J connectivity index is 2.48. The summed E-state index contributed by atoms with van der Waals surface area (Å²) in [6, 6.07) is 2.13. The molecule has 0 saturated carbocycles. The van der Waals surface area contributed by atoms with Gasteiger partial charge in [0, 0.05) is 17.5 Å². The van der Waals surface area contributed by atoms with Gasteiger partial charge in [0.15, 0.2) is 10.6 Å². The Morgan fingerprint density at radius 2 is 2.47 bits per heavy atom. The first-order chi connectivity index (χ1) is 7.22. The van der Waals surface area contributed by atoms with E-state index in [-0.39, 0.29) is 0 Å². The van der Waals surface area contributed by atoms with Crippen molar-refractivity contribution in [2.45, 2.75) is 19.9 Å². The smallest absolute Gasteiger partial charge is 0.195 e. The fourth-order valence-electron chi connectivity index (χ4n) is 1.40. The van der Waals surface area contributed by atoms with E-state index in [4.69, 9.17) is 12.2 Å². The molecule has 0 saturated heterocycles. The molecule has 2 aromatic heterocycles. The van der Waals surface area contributed by atoms with Crippen molar-refractivity contribution in [3.63, 3.8) is 0 Å². The highest BCUT2D eigenvalue weighted by Gasteiger charge is 2.09. The van der Waals surface area contributed by atoms with Gasteiger partial charge in [0.25, 0.3) is 0 Å². The number of hydrogen-bond acceptors (Lipinski definition) is 3. The van der Waals surface area contributed by atoms with Gasteiger partial charge in [-0.15, -0.1) is 11.3 Å². The summed E-state index contributed by atoms with van der Waals surface area (Å²) in [7, 11) is 0. The van der Waals surface area contributed by atoms with Crippen LogP contribution in [0.25, 0.3) is 11.4 Å². The fourth-order valence-corrected chi connectivity index (χ4v) is 2.94. The summed E-state index contributed by atoms with van der Waals surface area (Å²) in [5.41, 5.74) is 1.14. The third kappa shape index (κ3) is 2.31. The lowest BCUT2D eigenvalue weighted by atomic mass is 10.3. The van der Waals surface area contributed by atoms with Crippen molar-refractivity contribution >= 4 is 46.1 Å². The van der Waals surface area contributed by atoms with Gasteiger partial charge in [-0.3, -0.25) is 5.10 Å². The standard InChI is InChI=1S/C9H10IN3S2/c1-2-3-13-8(11-12-9(13)14)6-4-7(10)15-5-6/h4-5H,2-3H2,1H3,(H,12,14). The first kappa shape index (κ1) is 11.3. The molecule has 2 rings (SSSR count). The van der Waals surface area contributed by atoms with Gasteiger partial charge in [-0.2, -0.15) is 5.10 Å². The maximum atomic E-state index is 5.19. The molecule has 0 radical (unpaired) electrons. The van der Waals surface area contributed by atoms with Gasteiger partial charge in [-0.25, -0.2) is 0 Å². The van der Waals surface area contributed by atoms with Crippen molar-refractivity contribution in [1.29, 1.82) is 0 Å². The normalized spacial score (nSPS) is 10.8. The Hall–Kier alpha value is -0.210. The number of rotatable bonds is 3. The summed E-state index contributed by atoms with van der Waals surface area (Å²) in [6.45, 7) is 3.05. The van der Waals surface area contributed by atoms with E-state index < -0.39 is 0 Å². The molecule has 80 valence electrons. The van der Waals surface area contributed by atoms with Crippen molar-refractivity contribution in [3.05, 3.63) is 19.1 Å². The van der Waals surface area contributed by atoms with Crippen molar-refractivity contribution in [1.82, 2.24) is 14.8 Å². The Kier molecular flexibility index (Phi) is 3.57. The molecular formula is C9H10IN3S2. The van der Waals surface area contributed by atoms with Gasteiger partial charge < -0.3 is 4.57 Å². The topological polar surface area (TPSA) is 33.6 Å². The molecule has 0 unspecified atom stereocenters. The molecule has 0 atom stereocenters. The van der Waals surface area contributed by atoms with Crippen LogP contribution in [0.4, 0.5) is 0 Å². The quantitative estimate of drug-likeness (QED) is 0.676. The predicted octanol–water partition coefficient (Wildman–Crippen LogP) is 3.68. The highest BCUT2D eigenvalue weighted by atomic mass is 127. The summed E-state index contributed by atoms with van der Waals surface area (Å²) < 4.78 is 4.01. The Morgan fingerprint density at radius 3 is 3.07 bits per heavy atom. The number of aromatic amines is 1. The molecular weight excluding hydrogens is 341 g/mol. The number of hydrogen-bond donors (Lipinski definition) is 1. The number of nitrogens with one attached hydrogen (secondary N) is 1. The second kappa shape index (κ2) is 4.75. The molecule has 2 heterocycles. The second-order valence-corrected chi connectivity index (χ2v) is 6.34. The molecule has 0 amide bonds. The minimum absolute atomic E-state index is 0.702. The average molecular weight is 351 g/mol. The van der Waals surface area contributed by atoms with E-state index in [0.717, 1.165) is 24.4 Å². The Bertz CT molecular complexity index is 511. The fraction of sp³-hybridized carbons (Fsp3) is 0.333. The zero-order valence-corrected chi connectivity index (χ0v) is 11.9. The third-order valence-electron chi connectivity index (χ3n) is 2.03. The molecule has 0 bridgehead atoms. The zero-order chi connectivity index (χ0) is 10.8. The monoisotopic (exact) mass is 351 g/mol. The van der Waals surface area contributed by atoms with Crippen molar-refractivity contribution in [3.8, 4) is 11.4 Å². The first-order valence-electron chi connectivity index (χ1n) is 4.62. The van der Waals surface area contributed by atoms with Crippen LogP contribution in [0.1, 0.15) is 13.3 Å². The molecule has 0 spiro atoms. The van der Waals surface area contributed by atoms with Crippen molar-refractivity contribution in [2.75, 3.05) is 0 Å². The van der Waals surface area contributed by atoms with Crippen LogP contribution >= 0.6 is 46.1 Å². The van der Waals surface area contributed by atoms with E-state index in [0.29, 0.717) is 4.77 Å². The maximum Gasteiger partial charge on any atom is 0.195 e. The number of H-pyrrole nitrogens is 1. The molecule has 2 aromatic rings. The van der Waals surface area contributed by atoms with Gasteiger partial charge in [-0.1, -0.05) is 6.92 Å². The summed E-state index contributed by atoms with van der Waals surface area (Å²) >= 11 is 9.22. The van der Waals surface area contributed by atoms with Gasteiger partial charge in [-0.05, 0) is 47.3 Å². The van der Waals surface area contributed by atoms with E-state index in [9.17, 15) is 0 Å². The number of thiophene rings is 1. The van der Waals surface area contributed by atoms with E-state index in [2.05, 4.69) is 51.2 Å². The van der Waals surface area contributed by atoms with Gasteiger partial charge in [0.1, 0.15) is 0 Å². The number of halogens is 1. The van der Waals surface area contributed by atoms with Crippen LogP contribution in [-0.2, 0) is 6.54 Å². The zero-order valence-electron chi connectivity index (χ0n) is 8.16. The molecule has 0 aliphatic rings. The van der Waals surface area contributed by atoms with E-state index in [1.54, 1.807) is 11.3 Å². The summed E-state index contributed by atoms with van der Waals surface area (Å²) in [5.74, 6) is 0.945. The lowest BCUT2D eigenvalue weighted by Crippen LogP contribution is -1.99. The van der Waals surface area contributed by atoms with Gasteiger partial charge in [0.2, 0.25) is 0 Å². The molecule has 0 aliphatic carbocycles. The minimum atomic E-state index is 0.702. The largest absolute Gasteiger partial charge is 0.300 e. The molecule has 1 N–H and O–H groups in total. The second-order valence-electron chi connectivity index (χ2n) is 3.14. The molecule has 0 fully saturated rings. The van der Waals surface area contributed by atoms with Crippen LogP contribution in [0.3, 0.4) is 0 Å². The van der Waals surface area contributed by atoms with Crippen LogP contribution in [0.15, 0.2) is 11.4 Å². The van der Waals surface area contributed by atoms with E-state index in [1.807, 2.05) is 4.57 Å². The Morgan fingerprint density at radius 1 is 1.67 bits per heavy atom. The molecule has 15 heavy (non-hydrogen) atoms. The molecule has 0 aromatic carbocycles. The number of aromatic nitrogens is 3. The van der Waals surface area contributed by atoms with Crippen LogP contribution < -0.4 is 0 Å².